The van der Waals surface area contributed by atoms with Crippen molar-refractivity contribution in [3.63, 3.8) is 0 Å². The number of esters is 1. The van der Waals surface area contributed by atoms with Crippen molar-refractivity contribution in [2.24, 2.45) is 11.8 Å². The molecular weight excluding hydrogens is 240 g/mol. The summed E-state index contributed by atoms with van der Waals surface area (Å²) in [5, 5.41) is 10.1. The SMILES string of the molecule is CCCCCCC=C(O)[C@@H]1CCC[C@@H]1C(=O)OCC. The minimum absolute atomic E-state index is 0.00905. The fourth-order valence-corrected chi connectivity index (χ4v) is 2.82. The largest absolute Gasteiger partial charge is 0.512 e. The topological polar surface area (TPSA) is 46.5 Å². The molecule has 0 aliphatic heterocycles. The molecule has 110 valence electrons. The van der Waals surface area contributed by atoms with E-state index in [0.29, 0.717) is 12.4 Å². The second-order valence-electron chi connectivity index (χ2n) is 5.37. The second-order valence-corrected chi connectivity index (χ2v) is 5.37. The zero-order chi connectivity index (χ0) is 14.1. The van der Waals surface area contributed by atoms with Crippen molar-refractivity contribution in [2.75, 3.05) is 6.61 Å². The van der Waals surface area contributed by atoms with Crippen LogP contribution < -0.4 is 0 Å². The highest BCUT2D eigenvalue weighted by atomic mass is 16.5. The fourth-order valence-electron chi connectivity index (χ4n) is 2.82. The van der Waals surface area contributed by atoms with Crippen LogP contribution in [0.25, 0.3) is 0 Å². The third-order valence-electron chi connectivity index (χ3n) is 3.90. The first-order valence-electron chi connectivity index (χ1n) is 7.76. The molecule has 19 heavy (non-hydrogen) atoms. The van der Waals surface area contributed by atoms with Gasteiger partial charge in [-0.3, -0.25) is 4.79 Å². The standard InChI is InChI=1S/C16H28O3/c1-3-5-6-7-8-12-15(17)13-10-9-11-14(13)16(18)19-4-2/h12-14,17H,3-11H2,1-2H3/t13-,14+/m1/s1. The Morgan fingerprint density at radius 1 is 1.21 bits per heavy atom. The summed E-state index contributed by atoms with van der Waals surface area (Å²) in [5.74, 6) is 0.125. The number of aliphatic hydroxyl groups excluding tert-OH is 1. The van der Waals surface area contributed by atoms with E-state index in [0.717, 1.165) is 32.1 Å². The summed E-state index contributed by atoms with van der Waals surface area (Å²) < 4.78 is 5.09. The molecule has 1 N–H and O–H groups in total. The molecule has 3 nitrogen and oxygen atoms in total. The molecule has 0 bridgehead atoms. The van der Waals surface area contributed by atoms with Crippen LogP contribution in [0.2, 0.25) is 0 Å². The van der Waals surface area contributed by atoms with Gasteiger partial charge in [0.1, 0.15) is 0 Å². The number of allylic oxidation sites excluding steroid dienone is 2. The van der Waals surface area contributed by atoms with Crippen molar-refractivity contribution in [1.29, 1.82) is 0 Å². The normalized spacial score (nSPS) is 23.6. The quantitative estimate of drug-likeness (QED) is 0.404. The lowest BCUT2D eigenvalue weighted by molar-refractivity contribution is -0.149. The van der Waals surface area contributed by atoms with Crippen LogP contribution >= 0.6 is 0 Å². The van der Waals surface area contributed by atoms with Crippen molar-refractivity contribution < 1.29 is 14.6 Å². The van der Waals surface area contributed by atoms with E-state index in [-0.39, 0.29) is 17.8 Å². The first-order valence-corrected chi connectivity index (χ1v) is 7.76. The molecular formula is C16H28O3. The Morgan fingerprint density at radius 2 is 1.95 bits per heavy atom. The fraction of sp³-hybridized carbons (Fsp3) is 0.812. The maximum atomic E-state index is 11.8. The van der Waals surface area contributed by atoms with Crippen LogP contribution in [0.15, 0.2) is 11.8 Å². The molecule has 0 aromatic rings. The van der Waals surface area contributed by atoms with E-state index in [4.69, 9.17) is 4.74 Å². The van der Waals surface area contributed by atoms with Crippen LogP contribution in [0.5, 0.6) is 0 Å². The van der Waals surface area contributed by atoms with Gasteiger partial charge in [0.05, 0.1) is 18.3 Å². The molecule has 0 amide bonds. The average molecular weight is 268 g/mol. The monoisotopic (exact) mass is 268 g/mol. The maximum absolute atomic E-state index is 11.8. The third-order valence-corrected chi connectivity index (χ3v) is 3.90. The van der Waals surface area contributed by atoms with Crippen LogP contribution in [-0.2, 0) is 9.53 Å². The highest BCUT2D eigenvalue weighted by molar-refractivity contribution is 5.73. The predicted octanol–water partition coefficient (Wildman–Crippen LogP) is 4.38. The summed E-state index contributed by atoms with van der Waals surface area (Å²) in [7, 11) is 0. The molecule has 1 saturated carbocycles. The zero-order valence-corrected chi connectivity index (χ0v) is 12.4. The van der Waals surface area contributed by atoms with Gasteiger partial charge >= 0.3 is 5.97 Å². The van der Waals surface area contributed by atoms with Gasteiger partial charge < -0.3 is 9.84 Å². The van der Waals surface area contributed by atoms with Crippen molar-refractivity contribution >= 4 is 5.97 Å². The van der Waals surface area contributed by atoms with Gasteiger partial charge in [-0.15, -0.1) is 0 Å². The number of ether oxygens (including phenoxy) is 1. The van der Waals surface area contributed by atoms with Crippen LogP contribution in [0.1, 0.15) is 65.2 Å². The summed E-state index contributed by atoms with van der Waals surface area (Å²) in [6.45, 7) is 4.44. The first kappa shape index (κ1) is 16.1. The highest BCUT2D eigenvalue weighted by Crippen LogP contribution is 2.36. The Kier molecular flexibility index (Phi) is 7.61. The highest BCUT2D eigenvalue weighted by Gasteiger charge is 2.36. The molecule has 1 rings (SSSR count). The number of aliphatic hydroxyl groups is 1. The number of hydrogen-bond donors (Lipinski definition) is 1. The van der Waals surface area contributed by atoms with Crippen LogP contribution in [0.3, 0.4) is 0 Å². The van der Waals surface area contributed by atoms with Crippen molar-refractivity contribution in [3.8, 4) is 0 Å². The smallest absolute Gasteiger partial charge is 0.309 e. The molecule has 0 spiro atoms. The Balaban J connectivity index is 2.43. The lowest BCUT2D eigenvalue weighted by Crippen LogP contribution is -2.22. The van der Waals surface area contributed by atoms with Crippen LogP contribution in [-0.4, -0.2) is 17.7 Å². The van der Waals surface area contributed by atoms with Gasteiger partial charge in [-0.05, 0) is 38.7 Å². The molecule has 0 radical (unpaired) electrons. The Hall–Kier alpha value is -0.990. The molecule has 0 saturated heterocycles. The zero-order valence-electron chi connectivity index (χ0n) is 12.4. The molecule has 0 aromatic heterocycles. The molecule has 0 heterocycles. The van der Waals surface area contributed by atoms with E-state index in [1.807, 2.05) is 13.0 Å². The van der Waals surface area contributed by atoms with Crippen LogP contribution in [0, 0.1) is 11.8 Å². The second kappa shape index (κ2) is 9.00. The van der Waals surface area contributed by atoms with Gasteiger partial charge in [0.25, 0.3) is 0 Å². The number of unbranched alkanes of at least 4 members (excludes halogenated alkanes) is 4. The maximum Gasteiger partial charge on any atom is 0.309 e. The lowest BCUT2D eigenvalue weighted by atomic mass is 9.93. The molecule has 2 atom stereocenters. The van der Waals surface area contributed by atoms with Crippen molar-refractivity contribution in [3.05, 3.63) is 11.8 Å². The Labute approximate surface area is 117 Å². The summed E-state index contributed by atoms with van der Waals surface area (Å²) in [4.78, 5) is 11.8. The lowest BCUT2D eigenvalue weighted by Gasteiger charge is -2.17. The molecule has 3 heteroatoms. The van der Waals surface area contributed by atoms with E-state index in [2.05, 4.69) is 6.92 Å². The number of hydrogen-bond acceptors (Lipinski definition) is 3. The van der Waals surface area contributed by atoms with E-state index in [9.17, 15) is 9.90 Å². The van der Waals surface area contributed by atoms with E-state index in [1.165, 1.54) is 19.3 Å². The minimum atomic E-state index is -0.143. The molecule has 0 unspecified atom stereocenters. The Bertz CT molecular complexity index is 296. The minimum Gasteiger partial charge on any atom is -0.512 e. The molecule has 1 aliphatic carbocycles. The van der Waals surface area contributed by atoms with Gasteiger partial charge in [-0.1, -0.05) is 32.6 Å². The summed E-state index contributed by atoms with van der Waals surface area (Å²) in [6, 6.07) is 0. The first-order chi connectivity index (χ1) is 9.20. The predicted molar refractivity (Wildman–Crippen MR) is 76.9 cm³/mol. The van der Waals surface area contributed by atoms with Gasteiger partial charge in [0.2, 0.25) is 0 Å². The molecule has 1 aliphatic rings. The van der Waals surface area contributed by atoms with E-state index >= 15 is 0 Å². The van der Waals surface area contributed by atoms with Crippen molar-refractivity contribution in [1.82, 2.24) is 0 Å². The van der Waals surface area contributed by atoms with E-state index < -0.39 is 0 Å². The molecule has 1 fully saturated rings. The molecule has 0 aromatic carbocycles. The van der Waals surface area contributed by atoms with E-state index in [1.54, 1.807) is 0 Å². The number of carbonyl (C=O) groups is 1. The Morgan fingerprint density at radius 3 is 2.63 bits per heavy atom. The van der Waals surface area contributed by atoms with Gasteiger partial charge in [0.15, 0.2) is 0 Å². The number of rotatable bonds is 8. The van der Waals surface area contributed by atoms with Gasteiger partial charge in [-0.25, -0.2) is 0 Å². The van der Waals surface area contributed by atoms with Gasteiger partial charge in [0, 0.05) is 5.92 Å². The summed E-state index contributed by atoms with van der Waals surface area (Å²) >= 11 is 0. The van der Waals surface area contributed by atoms with Crippen molar-refractivity contribution in [2.45, 2.75) is 65.2 Å². The third kappa shape index (κ3) is 5.25. The van der Waals surface area contributed by atoms with Gasteiger partial charge in [-0.2, -0.15) is 0 Å². The summed E-state index contributed by atoms with van der Waals surface area (Å²) in [6.07, 6.45) is 10.4. The number of carbonyl (C=O) groups excluding carboxylic acids is 1. The summed E-state index contributed by atoms with van der Waals surface area (Å²) in [5.41, 5.74) is 0. The van der Waals surface area contributed by atoms with Crippen LogP contribution in [0.4, 0.5) is 0 Å². The average Bonchev–Trinajstić information content (AvgIpc) is 2.88.